The molecule has 0 spiro atoms. The van der Waals surface area contributed by atoms with Gasteiger partial charge in [0.2, 0.25) is 0 Å². The highest BCUT2D eigenvalue weighted by Gasteiger charge is 2.92. The molecule has 1 atom stereocenters. The van der Waals surface area contributed by atoms with E-state index in [-0.39, 0.29) is 18.8 Å². The molecule has 0 aliphatic carbocycles. The first kappa shape index (κ1) is 36.0. The van der Waals surface area contributed by atoms with Crippen molar-refractivity contribution in [2.24, 2.45) is 0 Å². The lowest BCUT2D eigenvalue weighted by Gasteiger charge is -2.36. The van der Waals surface area contributed by atoms with Crippen LogP contribution in [0.5, 0.6) is 5.75 Å². The predicted molar refractivity (Wildman–Crippen MR) is 140 cm³/mol. The van der Waals surface area contributed by atoms with Gasteiger partial charge in [0.05, 0.1) is 0 Å². The summed E-state index contributed by atoms with van der Waals surface area (Å²) in [6.45, 7) is -0.435. The van der Waals surface area contributed by atoms with E-state index >= 15 is 0 Å². The number of benzene rings is 3. The Bertz CT molecular complexity index is 1540. The van der Waals surface area contributed by atoms with Gasteiger partial charge in [-0.05, 0) is 28.8 Å². The Morgan fingerprint density at radius 1 is 0.630 bits per heavy atom. The van der Waals surface area contributed by atoms with E-state index in [1.54, 1.807) is 60.7 Å². The maximum atomic E-state index is 13.3. The van der Waals surface area contributed by atoms with Crippen molar-refractivity contribution in [2.75, 3.05) is 0 Å². The highest BCUT2D eigenvalue weighted by atomic mass is 32.2. The number of nitrogens with one attached hydrogen (secondary N) is 1. The average Bonchev–Trinajstić information content (AvgIpc) is 2.94. The highest BCUT2D eigenvalue weighted by molar-refractivity contribution is 7.88. The van der Waals surface area contributed by atoms with Crippen LogP contribution in [0.4, 0.5) is 44.3 Å². The fourth-order valence-electron chi connectivity index (χ4n) is 3.94. The normalized spacial score (nSPS) is 13.4. The molecule has 3 aromatic carbocycles. The lowest BCUT2D eigenvalue weighted by molar-refractivity contribution is -0.349. The van der Waals surface area contributed by atoms with Crippen molar-refractivity contribution in [3.05, 3.63) is 102 Å². The number of ether oxygens (including phenoxy) is 2. The first-order chi connectivity index (χ1) is 21.3. The fourth-order valence-corrected chi connectivity index (χ4v) is 5.28. The standard InChI is InChI=1S/C28H22F9NO7S/c29-26(30,31)25(27(32,33)34,28(35,36)37)46(41,42)45-21-13-11-18(12-14-21)15-22(23(39)43-16-19-7-3-1-4-8-19)38-24(40)44-17-20-9-5-2-6-10-20/h1-14,22H,15-17H2,(H,38,40)/t22-/m0/s1. The van der Waals surface area contributed by atoms with Crippen LogP contribution in [0.3, 0.4) is 0 Å². The zero-order valence-electron chi connectivity index (χ0n) is 22.9. The van der Waals surface area contributed by atoms with E-state index in [0.717, 1.165) is 12.1 Å². The van der Waals surface area contributed by atoms with Gasteiger partial charge in [-0.1, -0.05) is 72.8 Å². The molecule has 1 N–H and O–H groups in total. The number of alkyl halides is 9. The second-order valence-electron chi connectivity index (χ2n) is 9.41. The van der Waals surface area contributed by atoms with Crippen molar-refractivity contribution < 1.29 is 71.2 Å². The van der Waals surface area contributed by atoms with Gasteiger partial charge < -0.3 is 19.0 Å². The number of carbonyl (C=O) groups excluding carboxylic acids is 2. The second kappa shape index (κ2) is 13.9. The van der Waals surface area contributed by atoms with Gasteiger partial charge >= 0.3 is 45.5 Å². The molecule has 0 bridgehead atoms. The third-order valence-corrected chi connectivity index (χ3v) is 8.01. The lowest BCUT2D eigenvalue weighted by Crippen LogP contribution is -2.71. The quantitative estimate of drug-likeness (QED) is 0.141. The second-order valence-corrected chi connectivity index (χ2v) is 11.1. The molecule has 0 unspecified atom stereocenters. The number of rotatable bonds is 11. The van der Waals surface area contributed by atoms with E-state index in [2.05, 4.69) is 9.50 Å². The number of esters is 1. The van der Waals surface area contributed by atoms with Gasteiger partial charge in [-0.3, -0.25) is 0 Å². The first-order valence-electron chi connectivity index (χ1n) is 12.7. The predicted octanol–water partition coefficient (Wildman–Crippen LogP) is 6.40. The van der Waals surface area contributed by atoms with E-state index in [1.807, 2.05) is 0 Å². The zero-order valence-corrected chi connectivity index (χ0v) is 23.8. The lowest BCUT2D eigenvalue weighted by atomic mass is 10.1. The van der Waals surface area contributed by atoms with Crippen molar-refractivity contribution in [3.63, 3.8) is 0 Å². The minimum Gasteiger partial charge on any atom is -0.459 e. The Balaban J connectivity index is 1.82. The van der Waals surface area contributed by atoms with Crippen LogP contribution in [0.15, 0.2) is 84.9 Å². The summed E-state index contributed by atoms with van der Waals surface area (Å²) >= 11 is 0. The topological polar surface area (TPSA) is 108 Å². The Labute approximate surface area is 255 Å². The SMILES string of the molecule is O=C(N[C@@H](Cc1ccc(OS(=O)(=O)C(C(F)(F)F)(C(F)(F)F)C(F)(F)F)cc1)C(=O)OCc1ccccc1)OCc1ccccc1. The van der Waals surface area contributed by atoms with Crippen molar-refractivity contribution in [1.82, 2.24) is 5.32 Å². The molecule has 0 aromatic heterocycles. The monoisotopic (exact) mass is 687 g/mol. The molecule has 3 aromatic rings. The molecule has 0 aliphatic heterocycles. The molecular formula is C28H22F9NO7S. The van der Waals surface area contributed by atoms with E-state index in [0.29, 0.717) is 23.3 Å². The molecule has 8 nitrogen and oxygen atoms in total. The van der Waals surface area contributed by atoms with Gasteiger partial charge in [0, 0.05) is 6.42 Å². The Morgan fingerprint density at radius 3 is 1.50 bits per heavy atom. The number of halogens is 9. The molecule has 46 heavy (non-hydrogen) atoms. The Morgan fingerprint density at radius 2 is 1.07 bits per heavy atom. The van der Waals surface area contributed by atoms with Gasteiger partial charge in [-0.15, -0.1) is 0 Å². The number of hydrogen-bond acceptors (Lipinski definition) is 7. The zero-order chi connectivity index (χ0) is 34.4. The minimum absolute atomic E-state index is 0.0107. The van der Waals surface area contributed by atoms with Crippen LogP contribution in [0, 0.1) is 0 Å². The maximum Gasteiger partial charge on any atom is 0.429 e. The summed E-state index contributed by atoms with van der Waals surface area (Å²) in [4.78, 5) is 25.3. The average molecular weight is 688 g/mol. The van der Waals surface area contributed by atoms with Crippen LogP contribution in [0.2, 0.25) is 0 Å². The molecule has 0 saturated heterocycles. The summed E-state index contributed by atoms with van der Waals surface area (Å²) in [5.41, 5.74) is 1.15. The van der Waals surface area contributed by atoms with Crippen molar-refractivity contribution in [1.29, 1.82) is 0 Å². The molecule has 0 saturated carbocycles. The van der Waals surface area contributed by atoms with Gasteiger partial charge in [0.25, 0.3) is 0 Å². The molecule has 3 rings (SSSR count). The van der Waals surface area contributed by atoms with E-state index in [9.17, 15) is 57.5 Å². The molecule has 0 fully saturated rings. The van der Waals surface area contributed by atoms with Crippen LogP contribution in [-0.4, -0.2) is 49.8 Å². The minimum atomic E-state index is -7.56. The smallest absolute Gasteiger partial charge is 0.429 e. The molecular weight excluding hydrogens is 665 g/mol. The number of hydrogen-bond donors (Lipinski definition) is 1. The van der Waals surface area contributed by atoms with Crippen LogP contribution >= 0.6 is 0 Å². The van der Waals surface area contributed by atoms with Crippen LogP contribution in [0.25, 0.3) is 0 Å². The molecule has 1 amide bonds. The third kappa shape index (κ3) is 8.21. The summed E-state index contributed by atoms with van der Waals surface area (Å²) in [5, 5.41) is 2.26. The first-order valence-corrected chi connectivity index (χ1v) is 14.1. The summed E-state index contributed by atoms with van der Waals surface area (Å²) < 4.78 is 150. The molecule has 18 heteroatoms. The number of amides is 1. The molecule has 0 aliphatic rings. The van der Waals surface area contributed by atoms with E-state index < -0.39 is 63.7 Å². The molecule has 250 valence electrons. The van der Waals surface area contributed by atoms with Gasteiger partial charge in [0.15, 0.2) is 0 Å². The summed E-state index contributed by atoms with van der Waals surface area (Å²) in [5.74, 6) is -2.35. The van der Waals surface area contributed by atoms with Crippen LogP contribution < -0.4 is 9.50 Å². The maximum absolute atomic E-state index is 13.3. The van der Waals surface area contributed by atoms with Crippen molar-refractivity contribution in [3.8, 4) is 5.75 Å². The van der Waals surface area contributed by atoms with Crippen molar-refractivity contribution >= 4 is 22.2 Å². The van der Waals surface area contributed by atoms with Crippen LogP contribution in [-0.2, 0) is 44.0 Å². The van der Waals surface area contributed by atoms with E-state index in [1.165, 1.54) is 0 Å². The highest BCUT2D eigenvalue weighted by Crippen LogP contribution is 2.57. The number of alkyl carbamates (subject to hydrolysis) is 1. The van der Waals surface area contributed by atoms with E-state index in [4.69, 9.17) is 9.47 Å². The molecule has 0 radical (unpaired) electrons. The Kier molecular flexibility index (Phi) is 10.9. The van der Waals surface area contributed by atoms with Gasteiger partial charge in [-0.25, -0.2) is 9.59 Å². The summed E-state index contributed by atoms with van der Waals surface area (Å²) in [7, 11) is -7.56. The van der Waals surface area contributed by atoms with Gasteiger partial charge in [0.1, 0.15) is 25.0 Å². The van der Waals surface area contributed by atoms with Crippen molar-refractivity contribution in [2.45, 2.75) is 49.0 Å². The third-order valence-electron chi connectivity index (χ3n) is 6.15. The number of carbonyl (C=O) groups is 2. The molecule has 0 heterocycles. The summed E-state index contributed by atoms with van der Waals surface area (Å²) in [6.07, 6.45) is -23.8. The largest absolute Gasteiger partial charge is 0.459 e. The van der Waals surface area contributed by atoms with Gasteiger partial charge in [-0.2, -0.15) is 47.9 Å². The fraction of sp³-hybridized carbons (Fsp3) is 0.286. The summed E-state index contributed by atoms with van der Waals surface area (Å²) in [6, 6.07) is 17.7. The Hall–Kier alpha value is -4.48. The van der Waals surface area contributed by atoms with Crippen LogP contribution in [0.1, 0.15) is 16.7 Å².